The molecule has 2 aliphatic carbocycles. The first-order valence-electron chi connectivity index (χ1n) is 15.2. The van der Waals surface area contributed by atoms with E-state index in [2.05, 4.69) is 41.1 Å². The monoisotopic (exact) mass is 555 g/mol. The number of nitrogens with zero attached hydrogens (tertiary/aromatic N) is 5. The predicted molar refractivity (Wildman–Crippen MR) is 162 cm³/mol. The Morgan fingerprint density at radius 2 is 1.85 bits per heavy atom. The van der Waals surface area contributed by atoms with Crippen LogP contribution in [0.5, 0.6) is 0 Å². The summed E-state index contributed by atoms with van der Waals surface area (Å²) < 4.78 is 9.06. The topological polar surface area (TPSA) is 72.6 Å². The largest absolute Gasteiger partial charge is 0.383 e. The van der Waals surface area contributed by atoms with Crippen LogP contribution < -0.4 is 10.6 Å². The zero-order chi connectivity index (χ0) is 28.3. The minimum absolute atomic E-state index is 0.0170. The highest BCUT2D eigenvalue weighted by Crippen LogP contribution is 2.53. The van der Waals surface area contributed by atoms with Crippen LogP contribution in [-0.4, -0.2) is 58.3 Å². The van der Waals surface area contributed by atoms with Crippen molar-refractivity contribution in [3.63, 3.8) is 0 Å². The molecule has 216 valence electrons. The number of hydrogen-bond donors (Lipinski definition) is 0. The van der Waals surface area contributed by atoms with Gasteiger partial charge in [-0.05, 0) is 68.4 Å². The van der Waals surface area contributed by atoms with E-state index in [0.29, 0.717) is 31.5 Å². The van der Waals surface area contributed by atoms with Gasteiger partial charge >= 0.3 is 5.69 Å². The highest BCUT2D eigenvalue weighted by Gasteiger charge is 2.48. The second-order valence-corrected chi connectivity index (χ2v) is 11.5. The minimum atomic E-state index is 0.0170. The molecule has 3 unspecified atom stereocenters. The fourth-order valence-corrected chi connectivity index (χ4v) is 6.76. The molecule has 0 N–H and O–H groups in total. The molecule has 8 heteroatoms. The van der Waals surface area contributed by atoms with Crippen LogP contribution in [0.25, 0.3) is 11.0 Å². The fourth-order valence-electron chi connectivity index (χ4n) is 6.76. The number of imidazole rings is 1. The quantitative estimate of drug-likeness (QED) is 0.345. The van der Waals surface area contributed by atoms with Gasteiger partial charge < -0.3 is 14.5 Å². The van der Waals surface area contributed by atoms with Gasteiger partial charge in [0.15, 0.2) is 0 Å². The van der Waals surface area contributed by atoms with E-state index < -0.39 is 0 Å². The molecule has 2 aromatic heterocycles. The lowest BCUT2D eigenvalue weighted by atomic mass is 9.99. The first kappa shape index (κ1) is 27.5. The summed E-state index contributed by atoms with van der Waals surface area (Å²) in [7, 11) is 1.66. The number of methoxy groups -OCH3 is 1. The molecule has 8 nitrogen and oxygen atoms in total. The predicted octanol–water partition coefficient (Wildman–Crippen LogP) is 5.16. The van der Waals surface area contributed by atoms with Crippen molar-refractivity contribution in [3.8, 4) is 0 Å². The summed E-state index contributed by atoms with van der Waals surface area (Å²) in [6.45, 7) is 5.62. The molecule has 41 heavy (non-hydrogen) atoms. The van der Waals surface area contributed by atoms with E-state index in [1.165, 1.54) is 11.4 Å². The number of allylic oxidation sites excluding steroid dienone is 3. The number of anilines is 1. The van der Waals surface area contributed by atoms with Crippen molar-refractivity contribution in [1.29, 1.82) is 0 Å². The van der Waals surface area contributed by atoms with E-state index in [1.54, 1.807) is 7.11 Å². The normalized spacial score (nSPS) is 22.1. The van der Waals surface area contributed by atoms with E-state index >= 15 is 0 Å². The Morgan fingerprint density at radius 1 is 1.05 bits per heavy atom. The maximum atomic E-state index is 13.8. The number of carbonyl (C=O) groups excluding carboxylic acids is 1. The number of para-hydroxylation sites is 2. The van der Waals surface area contributed by atoms with E-state index in [0.717, 1.165) is 68.2 Å². The Labute approximate surface area is 241 Å². The summed E-state index contributed by atoms with van der Waals surface area (Å²) in [4.78, 5) is 36.0. The molecule has 3 heterocycles. The van der Waals surface area contributed by atoms with Gasteiger partial charge in [-0.1, -0.05) is 31.6 Å². The van der Waals surface area contributed by atoms with Crippen molar-refractivity contribution in [2.45, 2.75) is 58.0 Å². The number of pyridine rings is 1. The van der Waals surface area contributed by atoms with Crippen LogP contribution >= 0.6 is 0 Å². The molecular weight excluding hydrogens is 514 g/mol. The third-order valence-electron chi connectivity index (χ3n) is 9.01. The number of fused-ring (bicyclic) bond motifs is 2. The zero-order valence-corrected chi connectivity index (χ0v) is 24.2. The van der Waals surface area contributed by atoms with E-state index in [4.69, 9.17) is 4.74 Å². The zero-order valence-electron chi connectivity index (χ0n) is 24.2. The van der Waals surface area contributed by atoms with Crippen molar-refractivity contribution in [1.82, 2.24) is 19.0 Å². The second-order valence-electron chi connectivity index (χ2n) is 11.5. The van der Waals surface area contributed by atoms with E-state index in [-0.39, 0.29) is 17.6 Å². The molecule has 3 aliphatic rings. The number of carbonyl (C=O) groups is 1. The van der Waals surface area contributed by atoms with Crippen molar-refractivity contribution >= 4 is 22.6 Å². The molecule has 0 bridgehead atoms. The molecule has 0 radical (unpaired) electrons. The Kier molecular flexibility index (Phi) is 8.10. The van der Waals surface area contributed by atoms with Gasteiger partial charge in [-0.15, -0.1) is 0 Å². The van der Waals surface area contributed by atoms with Crippen molar-refractivity contribution < 1.29 is 9.53 Å². The number of likely N-dealkylation sites (tertiary alicyclic amines) is 1. The summed E-state index contributed by atoms with van der Waals surface area (Å²) in [6.07, 6.45) is 13.8. The lowest BCUT2D eigenvalue weighted by molar-refractivity contribution is -0.127. The van der Waals surface area contributed by atoms with E-state index in [9.17, 15) is 9.59 Å². The van der Waals surface area contributed by atoms with Crippen LogP contribution in [0.4, 0.5) is 5.69 Å². The number of benzene rings is 1. The Hall–Kier alpha value is -3.65. The number of unbranched alkanes of at least 4 members (excludes halogenated alkanes) is 1. The molecular formula is C33H41N5O3. The smallest absolute Gasteiger partial charge is 0.329 e. The van der Waals surface area contributed by atoms with Gasteiger partial charge in [0.1, 0.15) is 0 Å². The first-order chi connectivity index (χ1) is 20.1. The molecule has 2 fully saturated rings. The average molecular weight is 556 g/mol. The van der Waals surface area contributed by atoms with Crippen molar-refractivity contribution in [3.05, 3.63) is 82.7 Å². The molecule has 1 saturated carbocycles. The van der Waals surface area contributed by atoms with Crippen molar-refractivity contribution in [2.75, 3.05) is 38.3 Å². The highest BCUT2D eigenvalue weighted by molar-refractivity contribution is 5.95. The van der Waals surface area contributed by atoms with Crippen LogP contribution in [-0.2, 0) is 16.1 Å². The third kappa shape index (κ3) is 5.37. The molecule has 6 rings (SSSR count). The van der Waals surface area contributed by atoms with Crippen LogP contribution in [0.2, 0.25) is 0 Å². The molecule has 1 amide bonds. The average Bonchev–Trinajstić information content (AvgIpc) is 3.79. The molecule has 1 aromatic carbocycles. The number of ether oxygens (including phenoxy) is 1. The summed E-state index contributed by atoms with van der Waals surface area (Å²) in [5, 5.41) is 0. The second kappa shape index (κ2) is 12.1. The van der Waals surface area contributed by atoms with Gasteiger partial charge in [-0.25, -0.2) is 4.79 Å². The van der Waals surface area contributed by atoms with Crippen LogP contribution in [0.15, 0.2) is 77.0 Å². The van der Waals surface area contributed by atoms with Crippen LogP contribution in [0, 0.1) is 11.8 Å². The summed E-state index contributed by atoms with van der Waals surface area (Å²) >= 11 is 0. The number of aromatic nitrogens is 3. The van der Waals surface area contributed by atoms with Gasteiger partial charge in [0.25, 0.3) is 0 Å². The Bertz CT molecular complexity index is 1500. The fraction of sp³-hybridized carbons (Fsp3) is 0.485. The van der Waals surface area contributed by atoms with Gasteiger partial charge in [0, 0.05) is 68.1 Å². The molecule has 1 aliphatic heterocycles. The molecule has 1 saturated heterocycles. The first-order valence-corrected chi connectivity index (χ1v) is 15.2. The lowest BCUT2D eigenvalue weighted by Crippen LogP contribution is -2.35. The lowest BCUT2D eigenvalue weighted by Gasteiger charge is -2.30. The third-order valence-corrected chi connectivity index (χ3v) is 9.01. The maximum Gasteiger partial charge on any atom is 0.329 e. The standard InChI is InChI=1S/C33H41N5O3/c1-3-4-19-36(24-13-16-34-17-14-24)29-12-11-26(27-23-28(27)29)32(39)35-18-7-8-25(15-20-35)38-31-10-6-5-9-30(31)37(33(38)40)21-22-41-2/h5-6,9-14,16-17,25,27-28H,3-4,7-8,15,18-23H2,1-2H3. The SMILES string of the molecule is CCCCN(C1=CC=C(C(=O)N2CCCC(n3c(=O)n(CCOC)c4ccccc43)CC2)C2CC12)c1ccncc1. The number of amides is 1. The maximum absolute atomic E-state index is 13.8. The molecule has 3 atom stereocenters. The Balaban J connectivity index is 1.19. The summed E-state index contributed by atoms with van der Waals surface area (Å²) in [6, 6.07) is 12.2. The Morgan fingerprint density at radius 3 is 2.63 bits per heavy atom. The van der Waals surface area contributed by atoms with Crippen molar-refractivity contribution in [2.24, 2.45) is 11.8 Å². The van der Waals surface area contributed by atoms with Gasteiger partial charge in [0.05, 0.1) is 24.2 Å². The summed E-state index contributed by atoms with van der Waals surface area (Å²) in [5.74, 6) is 0.877. The van der Waals surface area contributed by atoms with Gasteiger partial charge in [-0.3, -0.25) is 18.9 Å². The minimum Gasteiger partial charge on any atom is -0.383 e. The molecule has 0 spiro atoms. The number of rotatable bonds is 10. The summed E-state index contributed by atoms with van der Waals surface area (Å²) in [5.41, 5.74) is 5.38. The molecule has 3 aromatic rings. The van der Waals surface area contributed by atoms with Gasteiger partial charge in [-0.2, -0.15) is 0 Å². The number of hydrogen-bond acceptors (Lipinski definition) is 5. The highest BCUT2D eigenvalue weighted by atomic mass is 16.5. The van der Waals surface area contributed by atoms with E-state index in [1.807, 2.05) is 50.7 Å². The van der Waals surface area contributed by atoms with Crippen LogP contribution in [0.3, 0.4) is 0 Å². The van der Waals surface area contributed by atoms with Crippen LogP contribution in [0.1, 0.15) is 51.5 Å². The van der Waals surface area contributed by atoms with Gasteiger partial charge in [0.2, 0.25) is 5.91 Å².